The molecule has 138 valence electrons. The van der Waals surface area contributed by atoms with Crippen LogP contribution in [0.15, 0.2) is 47.6 Å². The van der Waals surface area contributed by atoms with Crippen LogP contribution in [0.25, 0.3) is 0 Å². The van der Waals surface area contributed by atoms with E-state index >= 15 is 0 Å². The highest BCUT2D eigenvalue weighted by molar-refractivity contribution is 5.79. The first-order valence-electron chi connectivity index (χ1n) is 7.92. The van der Waals surface area contributed by atoms with E-state index in [-0.39, 0.29) is 6.61 Å². The molecule has 0 fully saturated rings. The van der Waals surface area contributed by atoms with Gasteiger partial charge in [0.05, 0.1) is 34.1 Å². The van der Waals surface area contributed by atoms with Crippen molar-refractivity contribution in [3.63, 3.8) is 0 Å². The van der Waals surface area contributed by atoms with Crippen LogP contribution in [0.2, 0.25) is 0 Å². The van der Waals surface area contributed by atoms with Gasteiger partial charge in [-0.2, -0.15) is 5.10 Å². The average molecular weight is 358 g/mol. The maximum Gasteiger partial charge on any atom is 0.343 e. The monoisotopic (exact) mass is 358 g/mol. The molecule has 0 amide bonds. The first-order valence-corrected chi connectivity index (χ1v) is 7.92. The molecule has 2 rings (SSSR count). The maximum atomic E-state index is 11.0. The number of rotatable bonds is 9. The van der Waals surface area contributed by atoms with Crippen molar-refractivity contribution >= 4 is 12.2 Å². The number of esters is 1. The third kappa shape index (κ3) is 5.70. The highest BCUT2D eigenvalue weighted by atomic mass is 16.6. The van der Waals surface area contributed by atoms with Gasteiger partial charge in [-0.3, -0.25) is 0 Å². The second-order valence-electron chi connectivity index (χ2n) is 5.22. The quantitative estimate of drug-likeness (QED) is 0.421. The van der Waals surface area contributed by atoms with E-state index in [2.05, 4.69) is 15.3 Å². The summed E-state index contributed by atoms with van der Waals surface area (Å²) in [5, 5.41) is 4.19. The number of hydrogen-bond donors (Lipinski definition) is 1. The van der Waals surface area contributed by atoms with E-state index in [1.54, 1.807) is 32.6 Å². The number of nitrogens with zero attached hydrogens (tertiary/aromatic N) is 1. The fourth-order valence-electron chi connectivity index (χ4n) is 2.10. The van der Waals surface area contributed by atoms with Crippen molar-refractivity contribution < 1.29 is 23.7 Å². The molecule has 0 saturated carbocycles. The van der Waals surface area contributed by atoms with Crippen LogP contribution in [0.3, 0.4) is 0 Å². The van der Waals surface area contributed by atoms with Gasteiger partial charge in [0.25, 0.3) is 0 Å². The molecule has 0 spiro atoms. The Hall–Kier alpha value is -3.22. The molecule has 2 aromatic rings. The number of methoxy groups -OCH3 is 3. The van der Waals surface area contributed by atoms with Crippen LogP contribution < -0.4 is 19.6 Å². The van der Waals surface area contributed by atoms with E-state index in [9.17, 15) is 4.79 Å². The van der Waals surface area contributed by atoms with Gasteiger partial charge in [-0.1, -0.05) is 6.07 Å². The molecule has 0 aliphatic carbocycles. The Bertz CT molecular complexity index is 744. The number of hydrazone groups is 1. The van der Waals surface area contributed by atoms with Gasteiger partial charge >= 0.3 is 5.97 Å². The molecule has 0 atom stereocenters. The highest BCUT2D eigenvalue weighted by Gasteiger charge is 2.04. The normalized spacial score (nSPS) is 10.4. The van der Waals surface area contributed by atoms with E-state index in [0.717, 1.165) is 11.1 Å². The van der Waals surface area contributed by atoms with Gasteiger partial charge in [0.2, 0.25) is 0 Å². The summed E-state index contributed by atoms with van der Waals surface area (Å²) < 4.78 is 20.3. The fourth-order valence-corrected chi connectivity index (χ4v) is 2.10. The maximum absolute atomic E-state index is 11.0. The summed E-state index contributed by atoms with van der Waals surface area (Å²) in [7, 11) is 4.53. The van der Waals surface area contributed by atoms with Crippen LogP contribution in [0.5, 0.6) is 17.2 Å². The van der Waals surface area contributed by atoms with Crippen molar-refractivity contribution in [3.8, 4) is 17.2 Å². The number of ether oxygens (including phenoxy) is 4. The second-order valence-corrected chi connectivity index (χ2v) is 5.22. The SMILES string of the molecule is COC(=O)COc1ccc(/C=N\NCc2ccc(OC)c(OC)c2)cc1. The lowest BCUT2D eigenvalue weighted by Gasteiger charge is -2.09. The molecular formula is C19H22N2O5. The Labute approximate surface area is 152 Å². The zero-order valence-corrected chi connectivity index (χ0v) is 15.0. The lowest BCUT2D eigenvalue weighted by molar-refractivity contribution is -0.142. The topological polar surface area (TPSA) is 78.4 Å². The van der Waals surface area contributed by atoms with Gasteiger partial charge in [-0.25, -0.2) is 4.79 Å². The summed E-state index contributed by atoms with van der Waals surface area (Å²) in [5.41, 5.74) is 4.90. The van der Waals surface area contributed by atoms with Crippen molar-refractivity contribution in [2.24, 2.45) is 5.10 Å². The number of carbonyl (C=O) groups excluding carboxylic acids is 1. The third-order valence-electron chi connectivity index (χ3n) is 3.50. The Balaban J connectivity index is 1.84. The zero-order chi connectivity index (χ0) is 18.8. The molecule has 0 heterocycles. The van der Waals surface area contributed by atoms with E-state index in [4.69, 9.17) is 14.2 Å². The summed E-state index contributed by atoms with van der Waals surface area (Å²) in [5.74, 6) is 1.54. The lowest BCUT2D eigenvalue weighted by atomic mass is 10.2. The first kappa shape index (κ1) is 19.1. The molecule has 0 bridgehead atoms. The van der Waals surface area contributed by atoms with Crippen LogP contribution in [0.4, 0.5) is 0 Å². The molecular weight excluding hydrogens is 336 g/mol. The number of carbonyl (C=O) groups is 1. The van der Waals surface area contributed by atoms with Crippen molar-refractivity contribution in [1.29, 1.82) is 0 Å². The van der Waals surface area contributed by atoms with E-state index < -0.39 is 5.97 Å². The largest absolute Gasteiger partial charge is 0.493 e. The Kier molecular flexibility index (Phi) is 7.30. The minimum absolute atomic E-state index is 0.114. The molecule has 0 unspecified atom stereocenters. The van der Waals surface area contributed by atoms with Gasteiger partial charge in [0, 0.05) is 0 Å². The molecule has 7 nitrogen and oxygen atoms in total. The van der Waals surface area contributed by atoms with Gasteiger partial charge in [-0.05, 0) is 47.5 Å². The van der Waals surface area contributed by atoms with E-state index in [1.165, 1.54) is 7.11 Å². The molecule has 1 N–H and O–H groups in total. The van der Waals surface area contributed by atoms with Crippen LogP contribution in [-0.2, 0) is 16.1 Å². The third-order valence-corrected chi connectivity index (χ3v) is 3.50. The standard InChI is InChI=1S/C19H22N2O5/c1-23-17-9-6-15(10-18(17)24-2)12-21-20-11-14-4-7-16(8-5-14)26-13-19(22)25-3/h4-11,21H,12-13H2,1-3H3/b20-11-. The van der Waals surface area contributed by atoms with Crippen LogP contribution in [0.1, 0.15) is 11.1 Å². The highest BCUT2D eigenvalue weighted by Crippen LogP contribution is 2.27. The molecule has 0 radical (unpaired) electrons. The van der Waals surface area contributed by atoms with Crippen LogP contribution in [0, 0.1) is 0 Å². The van der Waals surface area contributed by atoms with Crippen molar-refractivity contribution in [1.82, 2.24) is 5.43 Å². The Morgan fingerprint density at radius 1 is 1.04 bits per heavy atom. The van der Waals surface area contributed by atoms with Crippen LogP contribution in [-0.4, -0.2) is 40.1 Å². The first-order chi connectivity index (χ1) is 12.7. The molecule has 26 heavy (non-hydrogen) atoms. The predicted octanol–water partition coefficient (Wildman–Crippen LogP) is 2.38. The van der Waals surface area contributed by atoms with Gasteiger partial charge in [-0.15, -0.1) is 0 Å². The second kappa shape index (κ2) is 9.93. The molecule has 2 aromatic carbocycles. The van der Waals surface area contributed by atoms with Crippen molar-refractivity contribution in [2.75, 3.05) is 27.9 Å². The van der Waals surface area contributed by atoms with Gasteiger partial charge in [0.1, 0.15) is 5.75 Å². The molecule has 0 aliphatic rings. The smallest absolute Gasteiger partial charge is 0.343 e. The van der Waals surface area contributed by atoms with Crippen molar-refractivity contribution in [3.05, 3.63) is 53.6 Å². The summed E-state index contributed by atoms with van der Waals surface area (Å²) in [6, 6.07) is 12.9. The minimum atomic E-state index is -0.421. The predicted molar refractivity (Wildman–Crippen MR) is 97.9 cm³/mol. The average Bonchev–Trinajstić information content (AvgIpc) is 2.69. The van der Waals surface area contributed by atoms with Crippen molar-refractivity contribution in [2.45, 2.75) is 6.54 Å². The van der Waals surface area contributed by atoms with Crippen LogP contribution >= 0.6 is 0 Å². The summed E-state index contributed by atoms with van der Waals surface area (Å²) >= 11 is 0. The lowest BCUT2D eigenvalue weighted by Crippen LogP contribution is -2.12. The minimum Gasteiger partial charge on any atom is -0.493 e. The summed E-state index contributed by atoms with van der Waals surface area (Å²) in [6.45, 7) is 0.438. The fraction of sp³-hybridized carbons (Fsp3) is 0.263. The Morgan fingerprint density at radius 3 is 2.42 bits per heavy atom. The number of benzene rings is 2. The zero-order valence-electron chi connectivity index (χ0n) is 15.0. The van der Waals surface area contributed by atoms with Gasteiger partial charge < -0.3 is 24.4 Å². The number of hydrogen-bond acceptors (Lipinski definition) is 7. The molecule has 7 heteroatoms. The molecule has 0 aliphatic heterocycles. The Morgan fingerprint density at radius 2 is 1.77 bits per heavy atom. The molecule has 0 aromatic heterocycles. The molecule has 0 saturated heterocycles. The summed E-state index contributed by atoms with van der Waals surface area (Å²) in [6.07, 6.45) is 1.70. The van der Waals surface area contributed by atoms with Gasteiger partial charge in [0.15, 0.2) is 18.1 Å². The van der Waals surface area contributed by atoms with E-state index in [1.807, 2.05) is 30.3 Å². The number of nitrogens with one attached hydrogen (secondary N) is 1. The summed E-state index contributed by atoms with van der Waals surface area (Å²) in [4.78, 5) is 11.0. The van der Waals surface area contributed by atoms with E-state index in [0.29, 0.717) is 23.8 Å².